The minimum absolute atomic E-state index is 0.133. The number of carbonyl (C=O) groups is 1. The number of fused-ring (bicyclic) bond motifs is 1. The molecule has 0 bridgehead atoms. The van der Waals surface area contributed by atoms with Crippen LogP contribution in [0, 0.1) is 6.92 Å². The molecule has 0 spiro atoms. The van der Waals surface area contributed by atoms with E-state index in [1.54, 1.807) is 18.2 Å². The molecule has 0 radical (unpaired) electrons. The molecule has 0 fully saturated rings. The third-order valence-electron chi connectivity index (χ3n) is 5.03. The topological polar surface area (TPSA) is 76.6 Å². The Balaban J connectivity index is 1.37. The molecule has 4 rings (SSSR count). The first kappa shape index (κ1) is 20.7. The zero-order valence-electron chi connectivity index (χ0n) is 17.8. The summed E-state index contributed by atoms with van der Waals surface area (Å²) in [7, 11) is 0. The number of amides is 1. The molecule has 2 aromatic carbocycles. The summed E-state index contributed by atoms with van der Waals surface area (Å²) >= 11 is 0. The number of rotatable bonds is 7. The predicted molar refractivity (Wildman–Crippen MR) is 120 cm³/mol. The highest BCUT2D eigenvalue weighted by atomic mass is 16.5. The highest BCUT2D eigenvalue weighted by Gasteiger charge is 2.19. The van der Waals surface area contributed by atoms with Gasteiger partial charge >= 0.3 is 0 Å². The summed E-state index contributed by atoms with van der Waals surface area (Å²) in [6.45, 7) is 5.90. The summed E-state index contributed by atoms with van der Waals surface area (Å²) in [4.78, 5) is 23.5. The van der Waals surface area contributed by atoms with Gasteiger partial charge in [0.1, 0.15) is 5.75 Å². The first-order valence-corrected chi connectivity index (χ1v) is 10.4. The first-order chi connectivity index (χ1) is 15.1. The van der Waals surface area contributed by atoms with Gasteiger partial charge in [-0.15, -0.1) is 0 Å². The number of aromatic nitrogens is 2. The van der Waals surface area contributed by atoms with E-state index in [0.29, 0.717) is 24.1 Å². The van der Waals surface area contributed by atoms with Crippen molar-refractivity contribution in [3.63, 3.8) is 0 Å². The van der Waals surface area contributed by atoms with Crippen molar-refractivity contribution in [2.75, 3.05) is 30.0 Å². The van der Waals surface area contributed by atoms with E-state index < -0.39 is 0 Å². The van der Waals surface area contributed by atoms with Crippen LogP contribution < -0.4 is 19.7 Å². The number of hydrogen-bond acceptors (Lipinski definition) is 6. The Kier molecular flexibility index (Phi) is 6.31. The van der Waals surface area contributed by atoms with Gasteiger partial charge in [-0.05, 0) is 55.7 Å². The molecule has 7 nitrogen and oxygen atoms in total. The van der Waals surface area contributed by atoms with Gasteiger partial charge in [0.2, 0.25) is 11.8 Å². The molecular weight excluding hydrogens is 392 g/mol. The maximum atomic E-state index is 12.3. The highest BCUT2D eigenvalue weighted by Crippen LogP contribution is 2.24. The zero-order chi connectivity index (χ0) is 21.6. The number of nitrogens with zero attached hydrogens (tertiary/aromatic N) is 3. The molecule has 3 aromatic rings. The van der Waals surface area contributed by atoms with Crippen molar-refractivity contribution in [1.29, 1.82) is 0 Å². The van der Waals surface area contributed by atoms with Crippen molar-refractivity contribution >= 4 is 17.5 Å². The lowest BCUT2D eigenvalue weighted by Crippen LogP contribution is -2.32. The molecule has 0 saturated heterocycles. The van der Waals surface area contributed by atoms with Crippen LogP contribution in [-0.4, -0.2) is 35.6 Å². The van der Waals surface area contributed by atoms with Crippen LogP contribution in [-0.2, 0) is 17.8 Å². The van der Waals surface area contributed by atoms with Crippen LogP contribution in [0.4, 0.5) is 11.6 Å². The predicted octanol–water partition coefficient (Wildman–Crippen LogP) is 3.76. The number of ether oxygens (including phenoxy) is 2. The van der Waals surface area contributed by atoms with Crippen molar-refractivity contribution < 1.29 is 14.3 Å². The molecule has 160 valence electrons. The first-order valence-electron chi connectivity index (χ1n) is 10.4. The second-order valence-corrected chi connectivity index (χ2v) is 7.38. The van der Waals surface area contributed by atoms with Crippen molar-refractivity contribution in [1.82, 2.24) is 9.97 Å². The van der Waals surface area contributed by atoms with E-state index in [0.717, 1.165) is 31.0 Å². The fourth-order valence-corrected chi connectivity index (χ4v) is 3.54. The van der Waals surface area contributed by atoms with E-state index in [2.05, 4.69) is 44.5 Å². The monoisotopic (exact) mass is 418 g/mol. The van der Waals surface area contributed by atoms with Gasteiger partial charge in [-0.25, -0.2) is 4.98 Å². The third kappa shape index (κ3) is 5.31. The third-order valence-corrected chi connectivity index (χ3v) is 5.03. The molecule has 0 aliphatic carbocycles. The molecule has 1 aromatic heterocycles. The summed E-state index contributed by atoms with van der Waals surface area (Å²) in [5.74, 6) is 1.52. The zero-order valence-corrected chi connectivity index (χ0v) is 17.8. The maximum Gasteiger partial charge on any atom is 0.262 e. The number of aryl methyl sites for hydroxylation is 1. The Morgan fingerprint density at radius 1 is 1.06 bits per heavy atom. The van der Waals surface area contributed by atoms with Crippen molar-refractivity contribution in [3.8, 4) is 11.6 Å². The van der Waals surface area contributed by atoms with Crippen LogP contribution in [0.5, 0.6) is 11.6 Å². The van der Waals surface area contributed by atoms with Crippen LogP contribution in [0.15, 0.2) is 54.6 Å². The minimum Gasteiger partial charge on any atom is -0.494 e. The van der Waals surface area contributed by atoms with Gasteiger partial charge in [0.15, 0.2) is 6.61 Å². The second kappa shape index (κ2) is 9.47. The smallest absolute Gasteiger partial charge is 0.262 e. The van der Waals surface area contributed by atoms with Crippen LogP contribution >= 0.6 is 0 Å². The molecule has 0 saturated carbocycles. The summed E-state index contributed by atoms with van der Waals surface area (Å²) in [6, 6.07) is 17.4. The van der Waals surface area contributed by atoms with Gasteiger partial charge in [0.05, 0.1) is 6.61 Å². The van der Waals surface area contributed by atoms with Gasteiger partial charge in [-0.3, -0.25) is 4.79 Å². The van der Waals surface area contributed by atoms with Crippen molar-refractivity contribution in [3.05, 3.63) is 71.4 Å². The van der Waals surface area contributed by atoms with Crippen molar-refractivity contribution in [2.45, 2.75) is 26.8 Å². The van der Waals surface area contributed by atoms with Crippen LogP contribution in [0.2, 0.25) is 0 Å². The lowest BCUT2D eigenvalue weighted by Gasteiger charge is -2.29. The maximum absolute atomic E-state index is 12.3. The van der Waals surface area contributed by atoms with Gasteiger partial charge in [0.25, 0.3) is 5.91 Å². The van der Waals surface area contributed by atoms with E-state index in [4.69, 9.17) is 9.47 Å². The summed E-state index contributed by atoms with van der Waals surface area (Å²) in [5, 5.41) is 2.81. The van der Waals surface area contributed by atoms with E-state index >= 15 is 0 Å². The molecule has 1 amide bonds. The van der Waals surface area contributed by atoms with Crippen LogP contribution in [0.25, 0.3) is 0 Å². The number of hydrogen-bond donors (Lipinski definition) is 1. The Bertz CT molecular complexity index is 1050. The number of carbonyl (C=O) groups excluding carboxylic acids is 1. The molecule has 0 atom stereocenters. The van der Waals surface area contributed by atoms with Crippen LogP contribution in [0.3, 0.4) is 0 Å². The molecular formula is C24H26N4O3. The Hall–Kier alpha value is -3.61. The van der Waals surface area contributed by atoms with Crippen molar-refractivity contribution in [2.24, 2.45) is 0 Å². The van der Waals surface area contributed by atoms with Gasteiger partial charge in [0, 0.05) is 30.5 Å². The lowest BCUT2D eigenvalue weighted by atomic mass is 10.0. The lowest BCUT2D eigenvalue weighted by molar-refractivity contribution is -0.118. The SMILES string of the molecule is CCOc1ccc(NC(=O)COc2cc(C)nc(N3CCc4ccccc4C3)n2)cc1. The van der Waals surface area contributed by atoms with E-state index in [9.17, 15) is 4.79 Å². The Labute approximate surface area is 182 Å². The number of nitrogens with one attached hydrogen (secondary N) is 1. The van der Waals surface area contributed by atoms with Gasteiger partial charge < -0.3 is 19.7 Å². The summed E-state index contributed by atoms with van der Waals surface area (Å²) < 4.78 is 11.1. The molecule has 2 heterocycles. The molecule has 0 unspecified atom stereocenters. The quantitative estimate of drug-likeness (QED) is 0.630. The normalized spacial score (nSPS) is 12.8. The van der Waals surface area contributed by atoms with Gasteiger partial charge in [-0.1, -0.05) is 24.3 Å². The molecule has 31 heavy (non-hydrogen) atoms. The molecule has 1 aliphatic heterocycles. The van der Waals surface area contributed by atoms with E-state index in [1.807, 2.05) is 26.0 Å². The molecule has 7 heteroatoms. The standard InChI is InChI=1S/C24H26N4O3/c1-3-30-21-10-8-20(9-11-21)26-22(29)16-31-23-14-17(2)25-24(27-23)28-13-12-18-6-4-5-7-19(18)15-28/h4-11,14H,3,12-13,15-16H2,1-2H3,(H,26,29). The molecule has 1 aliphatic rings. The highest BCUT2D eigenvalue weighted by molar-refractivity contribution is 5.91. The number of benzene rings is 2. The average Bonchev–Trinajstić information content (AvgIpc) is 2.78. The Morgan fingerprint density at radius 3 is 2.61 bits per heavy atom. The largest absolute Gasteiger partial charge is 0.494 e. The fraction of sp³-hybridized carbons (Fsp3) is 0.292. The Morgan fingerprint density at radius 2 is 1.84 bits per heavy atom. The van der Waals surface area contributed by atoms with Crippen LogP contribution in [0.1, 0.15) is 23.7 Å². The van der Waals surface area contributed by atoms with E-state index in [-0.39, 0.29) is 12.5 Å². The summed E-state index contributed by atoms with van der Waals surface area (Å²) in [5.41, 5.74) is 4.14. The van der Waals surface area contributed by atoms with Gasteiger partial charge in [-0.2, -0.15) is 4.98 Å². The average molecular weight is 418 g/mol. The second-order valence-electron chi connectivity index (χ2n) is 7.38. The summed E-state index contributed by atoms with van der Waals surface area (Å²) in [6.07, 6.45) is 0.953. The fourth-order valence-electron chi connectivity index (χ4n) is 3.54. The van der Waals surface area contributed by atoms with E-state index in [1.165, 1.54) is 11.1 Å². The molecule has 1 N–H and O–H groups in total. The number of anilines is 2. The minimum atomic E-state index is -0.256.